The van der Waals surface area contributed by atoms with E-state index in [4.69, 9.17) is 0 Å². The molecule has 0 unspecified atom stereocenters. The number of rotatable bonds is 0. The molecule has 78 valence electrons. The zero-order chi connectivity index (χ0) is 11.2. The summed E-state index contributed by atoms with van der Waals surface area (Å²) in [5, 5.41) is 3.30. The van der Waals surface area contributed by atoms with Gasteiger partial charge < -0.3 is 0 Å². The molecule has 2 heterocycles. The maximum atomic E-state index is 11.5. The molecule has 2 aromatic rings. The molecule has 0 N–H and O–H groups in total. The van der Waals surface area contributed by atoms with Crippen LogP contribution in [0.4, 0.5) is 0 Å². The molecule has 0 aliphatic heterocycles. The third-order valence-electron chi connectivity index (χ3n) is 2.02. The van der Waals surface area contributed by atoms with Crippen molar-refractivity contribution < 1.29 is 4.52 Å². The lowest BCUT2D eigenvalue weighted by Crippen LogP contribution is -2.38. The van der Waals surface area contributed by atoms with E-state index in [0.29, 0.717) is 0 Å². The minimum atomic E-state index is -0.953. The van der Waals surface area contributed by atoms with Gasteiger partial charge in [-0.3, -0.25) is 18.5 Å². The van der Waals surface area contributed by atoms with Crippen LogP contribution < -0.4 is 17.0 Å². The number of aromatic nitrogens is 4. The summed E-state index contributed by atoms with van der Waals surface area (Å²) in [6, 6.07) is 0. The average molecular weight is 210 g/mol. The fourth-order valence-corrected chi connectivity index (χ4v) is 1.22. The van der Waals surface area contributed by atoms with E-state index in [0.717, 1.165) is 9.13 Å². The lowest BCUT2D eigenvalue weighted by atomic mass is 10.5. The highest BCUT2D eigenvalue weighted by Crippen LogP contribution is 1.94. The molecule has 8 heteroatoms. The van der Waals surface area contributed by atoms with Crippen molar-refractivity contribution in [2.75, 3.05) is 0 Å². The van der Waals surface area contributed by atoms with Gasteiger partial charge in [-0.2, -0.15) is 4.98 Å². The molecule has 15 heavy (non-hydrogen) atoms. The molecule has 0 fully saturated rings. The fraction of sp³-hybridized carbons (Fsp3) is 0.286. The zero-order valence-corrected chi connectivity index (χ0v) is 7.92. The topological polar surface area (TPSA) is 100.0 Å². The third kappa shape index (κ3) is 1.18. The Morgan fingerprint density at radius 1 is 1.13 bits per heavy atom. The molecule has 0 atom stereocenters. The Balaban J connectivity index is 3.22. The molecular formula is C7H6N4O4. The first-order valence-corrected chi connectivity index (χ1v) is 3.96. The Labute approximate surface area is 81.4 Å². The smallest absolute Gasteiger partial charge is 0.295 e. The van der Waals surface area contributed by atoms with Crippen LogP contribution in [0.2, 0.25) is 0 Å². The Hall–Kier alpha value is -2.25. The van der Waals surface area contributed by atoms with Gasteiger partial charge in [-0.1, -0.05) is 5.16 Å². The Bertz CT molecular complexity index is 707. The number of hydrogen-bond acceptors (Lipinski definition) is 6. The molecule has 0 saturated heterocycles. The van der Waals surface area contributed by atoms with Crippen molar-refractivity contribution in [3.8, 4) is 0 Å². The van der Waals surface area contributed by atoms with Gasteiger partial charge >= 0.3 is 11.4 Å². The van der Waals surface area contributed by atoms with Crippen LogP contribution in [0.1, 0.15) is 0 Å². The summed E-state index contributed by atoms with van der Waals surface area (Å²) in [6.07, 6.45) is 0. The Morgan fingerprint density at radius 2 is 1.80 bits per heavy atom. The summed E-state index contributed by atoms with van der Waals surface area (Å²) >= 11 is 0. The van der Waals surface area contributed by atoms with Crippen molar-refractivity contribution >= 4 is 11.2 Å². The van der Waals surface area contributed by atoms with Gasteiger partial charge in [0.25, 0.3) is 5.56 Å². The van der Waals surface area contributed by atoms with Gasteiger partial charge in [0.2, 0.25) is 5.52 Å². The fourth-order valence-electron chi connectivity index (χ4n) is 1.22. The van der Waals surface area contributed by atoms with Gasteiger partial charge in [0.15, 0.2) is 5.65 Å². The molecule has 0 aliphatic rings. The van der Waals surface area contributed by atoms with Gasteiger partial charge in [-0.25, -0.2) is 9.59 Å². The lowest BCUT2D eigenvalue weighted by molar-refractivity contribution is 0.361. The molecule has 2 rings (SSSR count). The predicted molar refractivity (Wildman–Crippen MR) is 48.6 cm³/mol. The summed E-state index contributed by atoms with van der Waals surface area (Å²) in [5.41, 5.74) is -1.46. The zero-order valence-electron chi connectivity index (χ0n) is 7.92. The van der Waals surface area contributed by atoms with Crippen molar-refractivity contribution in [1.82, 2.24) is 19.3 Å². The minimum Gasteiger partial charge on any atom is -0.295 e. The first kappa shape index (κ1) is 9.31. The molecule has 0 spiro atoms. The van der Waals surface area contributed by atoms with Gasteiger partial charge in [0.05, 0.1) is 0 Å². The SMILES string of the molecule is Cn1c(=O)c2noc(=O)nc2n(C)c1=O. The second-order valence-corrected chi connectivity index (χ2v) is 2.94. The average Bonchev–Trinajstić information content (AvgIpc) is 2.23. The molecule has 0 aromatic carbocycles. The van der Waals surface area contributed by atoms with Gasteiger partial charge in [0.1, 0.15) is 0 Å². The van der Waals surface area contributed by atoms with Crippen LogP contribution in [0.3, 0.4) is 0 Å². The summed E-state index contributed by atoms with van der Waals surface area (Å²) in [5.74, 6) is -0.953. The molecule has 0 saturated carbocycles. The van der Waals surface area contributed by atoms with E-state index in [1.54, 1.807) is 0 Å². The van der Waals surface area contributed by atoms with Gasteiger partial charge in [-0.15, -0.1) is 0 Å². The van der Waals surface area contributed by atoms with E-state index in [-0.39, 0.29) is 11.2 Å². The van der Waals surface area contributed by atoms with Crippen LogP contribution in [0.25, 0.3) is 11.2 Å². The Kier molecular flexibility index (Phi) is 1.78. The molecule has 2 aromatic heterocycles. The van der Waals surface area contributed by atoms with Crippen LogP contribution in [-0.2, 0) is 14.1 Å². The van der Waals surface area contributed by atoms with Crippen LogP contribution in [0.15, 0.2) is 18.9 Å². The summed E-state index contributed by atoms with van der Waals surface area (Å²) in [6.45, 7) is 0. The van der Waals surface area contributed by atoms with Crippen molar-refractivity contribution in [3.63, 3.8) is 0 Å². The molecular weight excluding hydrogens is 204 g/mol. The maximum absolute atomic E-state index is 11.5. The van der Waals surface area contributed by atoms with E-state index in [1.165, 1.54) is 14.1 Å². The second-order valence-electron chi connectivity index (χ2n) is 2.94. The van der Waals surface area contributed by atoms with Gasteiger partial charge in [-0.05, 0) is 0 Å². The van der Waals surface area contributed by atoms with Crippen molar-refractivity contribution in [3.05, 3.63) is 31.4 Å². The monoisotopic (exact) mass is 210 g/mol. The number of fused-ring (bicyclic) bond motifs is 1. The van der Waals surface area contributed by atoms with E-state index >= 15 is 0 Å². The van der Waals surface area contributed by atoms with Crippen LogP contribution in [0.5, 0.6) is 0 Å². The largest absolute Gasteiger partial charge is 0.461 e. The highest BCUT2D eigenvalue weighted by atomic mass is 16.5. The number of nitrogens with zero attached hydrogens (tertiary/aromatic N) is 4. The highest BCUT2D eigenvalue weighted by molar-refractivity contribution is 5.66. The number of hydrogen-bond donors (Lipinski definition) is 0. The van der Waals surface area contributed by atoms with Gasteiger partial charge in [0, 0.05) is 14.1 Å². The van der Waals surface area contributed by atoms with Crippen LogP contribution in [-0.4, -0.2) is 19.3 Å². The van der Waals surface area contributed by atoms with Crippen LogP contribution >= 0.6 is 0 Å². The lowest BCUT2D eigenvalue weighted by Gasteiger charge is -2.02. The first-order valence-electron chi connectivity index (χ1n) is 3.96. The molecule has 0 aliphatic carbocycles. The van der Waals surface area contributed by atoms with Crippen molar-refractivity contribution in [2.45, 2.75) is 0 Å². The predicted octanol–water partition coefficient (Wildman–Crippen LogP) is -2.02. The Morgan fingerprint density at radius 3 is 2.47 bits per heavy atom. The number of aryl methyl sites for hydroxylation is 1. The molecule has 0 bridgehead atoms. The van der Waals surface area contributed by atoms with Crippen molar-refractivity contribution in [1.29, 1.82) is 0 Å². The van der Waals surface area contributed by atoms with E-state index in [1.807, 2.05) is 0 Å². The molecule has 8 nitrogen and oxygen atoms in total. The standard InChI is InChI=1S/C7H6N4O4/c1-10-4-3(9-15-6(13)8-4)5(12)11(2)7(10)14/h1-2H3. The molecule has 0 radical (unpaired) electrons. The second kappa shape index (κ2) is 2.87. The summed E-state index contributed by atoms with van der Waals surface area (Å²) in [4.78, 5) is 37.1. The first-order chi connectivity index (χ1) is 7.02. The van der Waals surface area contributed by atoms with E-state index < -0.39 is 17.0 Å². The van der Waals surface area contributed by atoms with E-state index in [9.17, 15) is 14.4 Å². The summed E-state index contributed by atoms with van der Waals surface area (Å²) < 4.78 is 6.14. The highest BCUT2D eigenvalue weighted by Gasteiger charge is 2.11. The summed E-state index contributed by atoms with van der Waals surface area (Å²) in [7, 11) is 2.69. The third-order valence-corrected chi connectivity index (χ3v) is 2.02. The van der Waals surface area contributed by atoms with Crippen LogP contribution in [0, 0.1) is 0 Å². The quantitative estimate of drug-likeness (QED) is 0.497. The van der Waals surface area contributed by atoms with E-state index in [2.05, 4.69) is 14.7 Å². The maximum Gasteiger partial charge on any atom is 0.461 e. The van der Waals surface area contributed by atoms with Crippen molar-refractivity contribution in [2.24, 2.45) is 14.1 Å². The molecule has 0 amide bonds. The normalized spacial score (nSPS) is 10.8. The minimum absolute atomic E-state index is 0.0839.